The van der Waals surface area contributed by atoms with Crippen LogP contribution in [0.5, 0.6) is 6.01 Å². The maximum absolute atomic E-state index is 11.5. The Balaban J connectivity index is 1.61. The molecule has 142 valence electrons. The second-order valence-electron chi connectivity index (χ2n) is 7.19. The number of hydrogen-bond donors (Lipinski definition) is 2. The SMILES string of the molecule is CC1CN(c2ccc(C=O)c3nc(OCC4CNC(=O)C4)ncc23)CCN1. The van der Waals surface area contributed by atoms with E-state index >= 15 is 0 Å². The minimum absolute atomic E-state index is 0.0427. The van der Waals surface area contributed by atoms with Crippen LogP contribution >= 0.6 is 0 Å². The van der Waals surface area contributed by atoms with Crippen molar-refractivity contribution in [3.63, 3.8) is 0 Å². The van der Waals surface area contributed by atoms with Crippen LogP contribution in [0.4, 0.5) is 5.69 Å². The van der Waals surface area contributed by atoms with Gasteiger partial charge in [-0.25, -0.2) is 4.98 Å². The lowest BCUT2D eigenvalue weighted by atomic mass is 10.1. The fraction of sp³-hybridized carbons (Fsp3) is 0.474. The van der Waals surface area contributed by atoms with E-state index in [0.717, 1.165) is 37.0 Å². The molecule has 2 saturated heterocycles. The Bertz CT molecular complexity index is 872. The highest BCUT2D eigenvalue weighted by Crippen LogP contribution is 2.29. The lowest BCUT2D eigenvalue weighted by molar-refractivity contribution is -0.119. The van der Waals surface area contributed by atoms with E-state index in [2.05, 4.69) is 32.4 Å². The van der Waals surface area contributed by atoms with Gasteiger partial charge in [0.25, 0.3) is 0 Å². The lowest BCUT2D eigenvalue weighted by Gasteiger charge is -2.34. The van der Waals surface area contributed by atoms with Crippen molar-refractivity contribution in [2.24, 2.45) is 5.92 Å². The fourth-order valence-corrected chi connectivity index (χ4v) is 3.68. The van der Waals surface area contributed by atoms with Crippen molar-refractivity contribution in [2.45, 2.75) is 19.4 Å². The van der Waals surface area contributed by atoms with Crippen LogP contribution in [-0.4, -0.2) is 61.0 Å². The topological polar surface area (TPSA) is 96.5 Å². The molecule has 8 heteroatoms. The average Bonchev–Trinajstić information content (AvgIpc) is 3.10. The Morgan fingerprint density at radius 2 is 2.30 bits per heavy atom. The van der Waals surface area contributed by atoms with Gasteiger partial charge in [0.1, 0.15) is 0 Å². The molecule has 2 aliphatic heterocycles. The molecule has 3 heterocycles. The van der Waals surface area contributed by atoms with Gasteiger partial charge in [-0.1, -0.05) is 0 Å². The number of nitrogens with one attached hydrogen (secondary N) is 2. The maximum atomic E-state index is 11.5. The minimum atomic E-state index is 0.0427. The fourth-order valence-electron chi connectivity index (χ4n) is 3.68. The number of fused-ring (bicyclic) bond motifs is 1. The summed E-state index contributed by atoms with van der Waals surface area (Å²) in [5.41, 5.74) is 2.14. The number of piperazine rings is 1. The number of rotatable bonds is 5. The van der Waals surface area contributed by atoms with Gasteiger partial charge in [-0.2, -0.15) is 4.98 Å². The summed E-state index contributed by atoms with van der Waals surface area (Å²) in [6, 6.07) is 4.39. The zero-order valence-corrected chi connectivity index (χ0v) is 15.3. The summed E-state index contributed by atoms with van der Waals surface area (Å²) in [6.45, 7) is 5.82. The first-order valence-electron chi connectivity index (χ1n) is 9.27. The quantitative estimate of drug-likeness (QED) is 0.751. The first-order chi connectivity index (χ1) is 13.1. The molecule has 2 fully saturated rings. The number of carbonyl (C=O) groups excluding carboxylic acids is 2. The van der Waals surface area contributed by atoms with Gasteiger partial charge in [0, 0.05) is 67.4 Å². The Morgan fingerprint density at radius 3 is 3.04 bits per heavy atom. The van der Waals surface area contributed by atoms with Crippen LogP contribution < -0.4 is 20.3 Å². The highest BCUT2D eigenvalue weighted by molar-refractivity contribution is 6.01. The van der Waals surface area contributed by atoms with Gasteiger partial charge >= 0.3 is 6.01 Å². The molecule has 2 atom stereocenters. The molecule has 1 aromatic carbocycles. The second-order valence-corrected chi connectivity index (χ2v) is 7.19. The van der Waals surface area contributed by atoms with Gasteiger partial charge in [0.05, 0.1) is 12.1 Å². The van der Waals surface area contributed by atoms with Gasteiger partial charge in [-0.15, -0.1) is 0 Å². The van der Waals surface area contributed by atoms with Crippen LogP contribution in [0.1, 0.15) is 23.7 Å². The Labute approximate surface area is 157 Å². The predicted octanol–water partition coefficient (Wildman–Crippen LogP) is 0.755. The molecular formula is C19H23N5O3. The molecule has 0 aliphatic carbocycles. The maximum Gasteiger partial charge on any atom is 0.316 e. The van der Waals surface area contributed by atoms with Crippen LogP contribution in [0.25, 0.3) is 10.9 Å². The van der Waals surface area contributed by atoms with Crippen LogP contribution in [0.15, 0.2) is 18.3 Å². The highest BCUT2D eigenvalue weighted by atomic mass is 16.5. The molecule has 0 radical (unpaired) electrons. The molecule has 0 saturated carbocycles. The monoisotopic (exact) mass is 369 g/mol. The zero-order chi connectivity index (χ0) is 18.8. The number of aromatic nitrogens is 2. The van der Waals surface area contributed by atoms with Crippen molar-refractivity contribution in [3.05, 3.63) is 23.9 Å². The van der Waals surface area contributed by atoms with Crippen LogP contribution in [0.2, 0.25) is 0 Å². The molecule has 2 aliphatic rings. The third-order valence-corrected chi connectivity index (χ3v) is 5.08. The Hall–Kier alpha value is -2.74. The first-order valence-corrected chi connectivity index (χ1v) is 9.27. The van der Waals surface area contributed by atoms with E-state index < -0.39 is 0 Å². The van der Waals surface area contributed by atoms with Crippen LogP contribution in [-0.2, 0) is 4.79 Å². The van der Waals surface area contributed by atoms with Crippen molar-refractivity contribution in [2.75, 3.05) is 37.7 Å². The Kier molecular flexibility index (Phi) is 4.89. The molecule has 27 heavy (non-hydrogen) atoms. The van der Waals surface area contributed by atoms with Crippen molar-refractivity contribution in [1.82, 2.24) is 20.6 Å². The minimum Gasteiger partial charge on any atom is -0.463 e. The van der Waals surface area contributed by atoms with E-state index in [1.165, 1.54) is 0 Å². The van der Waals surface area contributed by atoms with Crippen LogP contribution in [0, 0.1) is 5.92 Å². The second kappa shape index (κ2) is 7.48. The first kappa shape index (κ1) is 17.7. The van der Waals surface area contributed by atoms with Crippen molar-refractivity contribution in [3.8, 4) is 6.01 Å². The summed E-state index contributed by atoms with van der Waals surface area (Å²) >= 11 is 0. The molecule has 2 aromatic rings. The van der Waals surface area contributed by atoms with E-state index in [1.54, 1.807) is 12.3 Å². The summed E-state index contributed by atoms with van der Waals surface area (Å²) in [7, 11) is 0. The molecular weight excluding hydrogens is 346 g/mol. The molecule has 4 rings (SSSR count). The standard InChI is InChI=1S/C19H23N5O3/c1-12-9-24(5-4-20-12)16-3-2-14(10-25)18-15(16)8-22-19(23-18)27-11-13-6-17(26)21-7-13/h2-3,8,10,12-13,20H,4-7,9,11H2,1H3,(H,21,26). The smallest absolute Gasteiger partial charge is 0.316 e. The third kappa shape index (κ3) is 3.71. The van der Waals surface area contributed by atoms with Crippen molar-refractivity contribution in [1.29, 1.82) is 0 Å². The number of carbonyl (C=O) groups is 2. The van der Waals surface area contributed by atoms with Gasteiger partial charge < -0.3 is 20.3 Å². The average molecular weight is 369 g/mol. The Morgan fingerprint density at radius 1 is 1.41 bits per heavy atom. The molecule has 1 aromatic heterocycles. The largest absolute Gasteiger partial charge is 0.463 e. The zero-order valence-electron chi connectivity index (χ0n) is 15.3. The number of aldehydes is 1. The van der Waals surface area contributed by atoms with Gasteiger partial charge in [-0.3, -0.25) is 9.59 Å². The summed E-state index contributed by atoms with van der Waals surface area (Å²) in [5.74, 6) is 0.164. The lowest BCUT2D eigenvalue weighted by Crippen LogP contribution is -2.49. The molecule has 0 spiro atoms. The third-order valence-electron chi connectivity index (χ3n) is 5.08. The summed E-state index contributed by atoms with van der Waals surface area (Å²) in [6.07, 6.45) is 2.99. The van der Waals surface area contributed by atoms with E-state index in [1.807, 2.05) is 6.07 Å². The van der Waals surface area contributed by atoms with Crippen molar-refractivity contribution < 1.29 is 14.3 Å². The van der Waals surface area contributed by atoms with Gasteiger partial charge in [0.15, 0.2) is 6.29 Å². The van der Waals surface area contributed by atoms with E-state index in [4.69, 9.17) is 4.74 Å². The van der Waals surface area contributed by atoms with E-state index in [0.29, 0.717) is 36.7 Å². The predicted molar refractivity (Wildman–Crippen MR) is 101 cm³/mol. The van der Waals surface area contributed by atoms with Gasteiger partial charge in [0.2, 0.25) is 5.91 Å². The number of nitrogens with zero attached hydrogens (tertiary/aromatic N) is 3. The van der Waals surface area contributed by atoms with E-state index in [-0.39, 0.29) is 17.8 Å². The molecule has 0 bridgehead atoms. The van der Waals surface area contributed by atoms with E-state index in [9.17, 15) is 9.59 Å². The number of ether oxygens (including phenoxy) is 1. The summed E-state index contributed by atoms with van der Waals surface area (Å²) in [5, 5.41) is 7.06. The number of amides is 1. The highest BCUT2D eigenvalue weighted by Gasteiger charge is 2.23. The van der Waals surface area contributed by atoms with Crippen molar-refractivity contribution >= 4 is 28.8 Å². The number of hydrogen-bond acceptors (Lipinski definition) is 7. The summed E-state index contributed by atoms with van der Waals surface area (Å²) in [4.78, 5) is 33.9. The van der Waals surface area contributed by atoms with Crippen LogP contribution in [0.3, 0.4) is 0 Å². The van der Waals surface area contributed by atoms with Gasteiger partial charge in [-0.05, 0) is 19.1 Å². The number of benzene rings is 1. The molecule has 1 amide bonds. The molecule has 2 unspecified atom stereocenters. The summed E-state index contributed by atoms with van der Waals surface area (Å²) < 4.78 is 5.69. The number of anilines is 1. The molecule has 2 N–H and O–H groups in total. The molecule has 8 nitrogen and oxygen atoms in total. The normalized spacial score (nSPS) is 22.7.